The Labute approximate surface area is 134 Å². The number of imidazole rings is 1. The Morgan fingerprint density at radius 2 is 2.21 bits per heavy atom. The first-order valence-corrected chi connectivity index (χ1v) is 7.10. The van der Waals surface area contributed by atoms with Crippen molar-refractivity contribution in [3.8, 4) is 17.3 Å². The molecule has 0 bridgehead atoms. The molecule has 9 nitrogen and oxygen atoms in total. The van der Waals surface area contributed by atoms with Crippen molar-refractivity contribution >= 4 is 33.8 Å². The van der Waals surface area contributed by atoms with E-state index in [0.717, 1.165) is 0 Å². The van der Waals surface area contributed by atoms with Crippen LogP contribution in [0, 0.1) is 4.91 Å². The lowest BCUT2D eigenvalue weighted by atomic mass is 10.2. The van der Waals surface area contributed by atoms with Gasteiger partial charge in [0, 0.05) is 35.9 Å². The summed E-state index contributed by atoms with van der Waals surface area (Å²) in [6.07, 6.45) is 3.30. The van der Waals surface area contributed by atoms with Gasteiger partial charge >= 0.3 is 6.03 Å². The van der Waals surface area contributed by atoms with Gasteiger partial charge < -0.3 is 20.7 Å². The summed E-state index contributed by atoms with van der Waals surface area (Å²) in [5.41, 5.74) is 2.03. The number of rotatable bonds is 2. The van der Waals surface area contributed by atoms with Gasteiger partial charge in [-0.1, -0.05) is 0 Å². The molecule has 4 rings (SSSR count). The van der Waals surface area contributed by atoms with E-state index in [1.54, 1.807) is 35.0 Å². The predicted octanol–water partition coefficient (Wildman–Crippen LogP) is 2.78. The van der Waals surface area contributed by atoms with E-state index in [1.165, 1.54) is 7.05 Å². The number of fused-ring (bicyclic) bond motifs is 5. The monoisotopic (exact) mass is 324 g/mol. The molecular weight excluding hydrogens is 312 g/mol. The molecule has 0 atom stereocenters. The number of nitrogens with one attached hydrogen (secondary N) is 3. The molecule has 2 aromatic rings. The number of aromatic nitrogens is 3. The quantitative estimate of drug-likeness (QED) is 0.423. The van der Waals surface area contributed by atoms with Crippen molar-refractivity contribution in [2.24, 2.45) is 5.18 Å². The van der Waals surface area contributed by atoms with E-state index in [4.69, 9.17) is 0 Å². The third-order valence-corrected chi connectivity index (χ3v) is 3.91. The lowest BCUT2D eigenvalue weighted by Crippen LogP contribution is -2.24. The fraction of sp³-hybridized carbons (Fsp3) is 0.0667. The van der Waals surface area contributed by atoms with Crippen LogP contribution in [-0.2, 0) is 0 Å². The van der Waals surface area contributed by atoms with Crippen LogP contribution in [-0.4, -0.2) is 32.6 Å². The van der Waals surface area contributed by atoms with Gasteiger partial charge in [-0.3, -0.25) is 4.40 Å². The molecule has 120 valence electrons. The Balaban J connectivity index is 2.07. The number of hydrogen-bond acceptors (Lipinski definition) is 5. The molecule has 9 heteroatoms. The van der Waals surface area contributed by atoms with Crippen LogP contribution in [0.1, 0.15) is 0 Å². The maximum Gasteiger partial charge on any atom is 0.318 e. The summed E-state index contributed by atoms with van der Waals surface area (Å²) in [6.45, 7) is 0. The summed E-state index contributed by atoms with van der Waals surface area (Å²) in [7, 11) is 1.51. The maximum atomic E-state index is 11.5. The number of carbonyl (C=O) groups excluding carboxylic acids is 1. The second-order valence-electron chi connectivity index (χ2n) is 5.22. The van der Waals surface area contributed by atoms with E-state index < -0.39 is 0 Å². The van der Waals surface area contributed by atoms with E-state index >= 15 is 0 Å². The van der Waals surface area contributed by atoms with Gasteiger partial charge in [0.2, 0.25) is 0 Å². The van der Waals surface area contributed by atoms with Crippen LogP contribution in [0.3, 0.4) is 0 Å². The van der Waals surface area contributed by atoms with Gasteiger partial charge in [0.25, 0.3) is 5.88 Å². The third kappa shape index (κ3) is 1.81. The molecule has 1 aromatic carbocycles. The van der Waals surface area contributed by atoms with Gasteiger partial charge in [0.1, 0.15) is 17.1 Å². The van der Waals surface area contributed by atoms with Crippen LogP contribution in [0.15, 0.2) is 35.8 Å². The SMILES string of the molecule is CNC(=O)Nc1ccc2c3nc(O)c4[nH]ccn4c-3c(N=O)c2c1. The van der Waals surface area contributed by atoms with Crippen LogP contribution in [0.2, 0.25) is 0 Å². The molecular formula is C15H12N6O3. The molecule has 0 saturated heterocycles. The molecule has 2 heterocycles. The smallest absolute Gasteiger partial charge is 0.318 e. The molecule has 1 aliphatic carbocycles. The summed E-state index contributed by atoms with van der Waals surface area (Å²) < 4.78 is 1.63. The highest BCUT2D eigenvalue weighted by Crippen LogP contribution is 2.45. The van der Waals surface area contributed by atoms with Crippen molar-refractivity contribution in [1.82, 2.24) is 19.7 Å². The number of urea groups is 1. The van der Waals surface area contributed by atoms with Gasteiger partial charge in [-0.2, -0.15) is 0 Å². The second-order valence-corrected chi connectivity index (χ2v) is 5.22. The fourth-order valence-electron chi connectivity index (χ4n) is 2.87. The van der Waals surface area contributed by atoms with Gasteiger partial charge in [-0.15, -0.1) is 4.91 Å². The van der Waals surface area contributed by atoms with Gasteiger partial charge in [0.05, 0.1) is 0 Å². The first-order valence-electron chi connectivity index (χ1n) is 7.10. The molecule has 2 aliphatic rings. The van der Waals surface area contributed by atoms with E-state index in [1.807, 2.05) is 0 Å². The summed E-state index contributed by atoms with van der Waals surface area (Å²) in [6, 6.07) is 4.70. The molecule has 1 aromatic heterocycles. The fourth-order valence-corrected chi connectivity index (χ4v) is 2.87. The topological polar surface area (TPSA) is 124 Å². The average molecular weight is 324 g/mol. The van der Waals surface area contributed by atoms with Crippen LogP contribution in [0.4, 0.5) is 16.2 Å². The molecule has 1 aliphatic heterocycles. The average Bonchev–Trinajstić information content (AvgIpc) is 3.17. The molecule has 0 radical (unpaired) electrons. The number of carbonyl (C=O) groups is 1. The van der Waals surface area contributed by atoms with Gasteiger partial charge in [-0.05, 0) is 23.4 Å². The number of H-pyrrole nitrogens is 1. The number of nitrogens with zero attached hydrogens (tertiary/aromatic N) is 3. The van der Waals surface area contributed by atoms with Crippen molar-refractivity contribution in [3.05, 3.63) is 35.5 Å². The number of amides is 2. The first kappa shape index (κ1) is 14.0. The third-order valence-electron chi connectivity index (χ3n) is 3.91. The highest BCUT2D eigenvalue weighted by atomic mass is 16.3. The Morgan fingerprint density at radius 1 is 1.38 bits per heavy atom. The Bertz CT molecular complexity index is 1080. The number of aromatic amines is 1. The van der Waals surface area contributed by atoms with Crippen LogP contribution >= 0.6 is 0 Å². The zero-order chi connectivity index (χ0) is 16.8. The maximum absolute atomic E-state index is 11.5. The molecule has 0 spiro atoms. The van der Waals surface area contributed by atoms with E-state index in [2.05, 4.69) is 25.8 Å². The predicted molar refractivity (Wildman–Crippen MR) is 88.9 cm³/mol. The van der Waals surface area contributed by atoms with E-state index in [9.17, 15) is 14.8 Å². The van der Waals surface area contributed by atoms with Crippen molar-refractivity contribution in [3.63, 3.8) is 0 Å². The first-order chi connectivity index (χ1) is 11.6. The number of benzene rings is 1. The summed E-state index contributed by atoms with van der Waals surface area (Å²) in [5.74, 6) is -0.176. The number of nitroso groups, excluding NO2 is 1. The molecule has 0 unspecified atom stereocenters. The van der Waals surface area contributed by atoms with Crippen molar-refractivity contribution in [2.75, 3.05) is 12.4 Å². The van der Waals surface area contributed by atoms with E-state index in [-0.39, 0.29) is 17.6 Å². The minimum absolute atomic E-state index is 0.176. The van der Waals surface area contributed by atoms with Crippen molar-refractivity contribution < 1.29 is 9.90 Å². The second kappa shape index (κ2) is 4.95. The van der Waals surface area contributed by atoms with Gasteiger partial charge in [0.15, 0.2) is 5.65 Å². The molecule has 0 saturated carbocycles. The van der Waals surface area contributed by atoms with Crippen LogP contribution < -0.4 is 10.6 Å². The van der Waals surface area contributed by atoms with Crippen LogP contribution in [0.25, 0.3) is 27.8 Å². The molecule has 4 N–H and O–H groups in total. The lowest BCUT2D eigenvalue weighted by molar-refractivity contribution is 0.254. The Kier molecular flexibility index (Phi) is 2.89. The van der Waals surface area contributed by atoms with Gasteiger partial charge in [-0.25, -0.2) is 9.78 Å². The molecule has 2 amide bonds. The number of hydrogen-bond donors (Lipinski definition) is 4. The largest absolute Gasteiger partial charge is 0.491 e. The minimum atomic E-state index is -0.371. The number of aromatic hydroxyl groups is 1. The van der Waals surface area contributed by atoms with Crippen LogP contribution in [0.5, 0.6) is 5.88 Å². The lowest BCUT2D eigenvalue weighted by Gasteiger charge is -2.05. The standard InChI is InChI=1S/C15H12N6O3/c1-16-15(23)18-7-2-3-8-9(6-7)11(20-24)12-10(8)19-14(22)13-17-4-5-21(12)13/h2-6,17,22H,1H3,(H2,16,18,23). The summed E-state index contributed by atoms with van der Waals surface area (Å²) >= 11 is 0. The van der Waals surface area contributed by atoms with Crippen molar-refractivity contribution in [2.45, 2.75) is 0 Å². The highest BCUT2D eigenvalue weighted by molar-refractivity contribution is 6.12. The Hall–Kier alpha value is -3.62. The van der Waals surface area contributed by atoms with E-state index in [0.29, 0.717) is 33.5 Å². The molecule has 0 fully saturated rings. The Morgan fingerprint density at radius 3 is 2.96 bits per heavy atom. The molecule has 24 heavy (non-hydrogen) atoms. The normalized spacial score (nSPS) is 11.2. The van der Waals surface area contributed by atoms with Crippen molar-refractivity contribution in [1.29, 1.82) is 0 Å². The zero-order valence-corrected chi connectivity index (χ0v) is 12.5. The minimum Gasteiger partial charge on any atom is -0.491 e. The number of anilines is 1. The summed E-state index contributed by atoms with van der Waals surface area (Å²) in [5, 5.41) is 19.5. The highest BCUT2D eigenvalue weighted by Gasteiger charge is 2.25. The summed E-state index contributed by atoms with van der Waals surface area (Å²) in [4.78, 5) is 30.0. The zero-order valence-electron chi connectivity index (χ0n) is 12.5.